The summed E-state index contributed by atoms with van der Waals surface area (Å²) >= 11 is 5.06. The summed E-state index contributed by atoms with van der Waals surface area (Å²) in [7, 11) is 0. The van der Waals surface area contributed by atoms with Crippen molar-refractivity contribution in [3.05, 3.63) is 101 Å². The van der Waals surface area contributed by atoms with Gasteiger partial charge in [-0.3, -0.25) is 29.4 Å². The second kappa shape index (κ2) is 22.3. The lowest BCUT2D eigenvalue weighted by Gasteiger charge is -2.22. The number of anilines is 1. The number of phenols is 1. The number of ether oxygens (including phenoxy) is 6. The van der Waals surface area contributed by atoms with Crippen LogP contribution in [0.4, 0.5) is 5.69 Å². The third-order valence-corrected chi connectivity index (χ3v) is 11.1. The number of nitrogens with one attached hydrogen (secondary N) is 2. The van der Waals surface area contributed by atoms with Crippen molar-refractivity contribution >= 4 is 67.2 Å². The number of imide groups is 2. The molecular formula is C44H46BrN3O11S. The normalized spacial score (nSPS) is 12.7. The van der Waals surface area contributed by atoms with Crippen molar-refractivity contribution in [2.45, 2.75) is 25.8 Å². The van der Waals surface area contributed by atoms with Crippen LogP contribution in [0.5, 0.6) is 23.0 Å². The maximum absolute atomic E-state index is 13.2. The van der Waals surface area contributed by atoms with Crippen LogP contribution < -0.4 is 20.1 Å². The molecule has 1 atom stereocenters. The molecule has 316 valence electrons. The molecule has 0 saturated heterocycles. The Balaban J connectivity index is 0.788. The minimum atomic E-state index is -0.522. The quantitative estimate of drug-likeness (QED) is 0.0301. The first kappa shape index (κ1) is 44.2. The minimum Gasteiger partial charge on any atom is -0.508 e. The zero-order valence-corrected chi connectivity index (χ0v) is 35.4. The summed E-state index contributed by atoms with van der Waals surface area (Å²) in [5.41, 5.74) is 2.15. The number of phenolic OH excluding ortho intramolecular Hbond substituents is 1. The molecule has 0 saturated carbocycles. The smallest absolute Gasteiger partial charge is 0.263 e. The highest BCUT2D eigenvalue weighted by molar-refractivity contribution is 9.10. The monoisotopic (exact) mass is 903 g/mol. The van der Waals surface area contributed by atoms with Gasteiger partial charge >= 0.3 is 0 Å². The summed E-state index contributed by atoms with van der Waals surface area (Å²) < 4.78 is 36.6. The molecule has 60 heavy (non-hydrogen) atoms. The number of fused-ring (bicyclic) bond motifs is 2. The first-order valence-electron chi connectivity index (χ1n) is 19.4. The number of thiophene rings is 1. The van der Waals surface area contributed by atoms with E-state index in [2.05, 4.69) is 26.6 Å². The van der Waals surface area contributed by atoms with Crippen molar-refractivity contribution in [2.75, 3.05) is 71.3 Å². The second-order valence-electron chi connectivity index (χ2n) is 13.5. The zero-order valence-electron chi connectivity index (χ0n) is 33.0. The van der Waals surface area contributed by atoms with Crippen molar-refractivity contribution in [1.82, 2.24) is 10.2 Å². The number of carbonyl (C=O) groups is 4. The number of benzene rings is 4. The van der Waals surface area contributed by atoms with E-state index in [1.54, 1.807) is 48.6 Å². The van der Waals surface area contributed by atoms with Crippen molar-refractivity contribution in [3.8, 4) is 33.4 Å². The highest BCUT2D eigenvalue weighted by Gasteiger charge is 2.40. The van der Waals surface area contributed by atoms with Gasteiger partial charge in [0.2, 0.25) is 12.3 Å². The number of hydrogen-bond acceptors (Lipinski definition) is 13. The van der Waals surface area contributed by atoms with Gasteiger partial charge in [-0.25, -0.2) is 0 Å². The number of hydrogen-bond donors (Lipinski definition) is 3. The van der Waals surface area contributed by atoms with Crippen molar-refractivity contribution in [2.24, 2.45) is 0 Å². The van der Waals surface area contributed by atoms with Crippen molar-refractivity contribution in [3.63, 3.8) is 0 Å². The van der Waals surface area contributed by atoms with Gasteiger partial charge in [0, 0.05) is 39.3 Å². The van der Waals surface area contributed by atoms with E-state index in [9.17, 15) is 24.3 Å². The number of rotatable bonds is 25. The van der Waals surface area contributed by atoms with E-state index < -0.39 is 23.8 Å². The van der Waals surface area contributed by atoms with Gasteiger partial charge in [-0.05, 0) is 85.6 Å². The number of carbonyl (C=O) groups excluding carboxylic acids is 4. The van der Waals surface area contributed by atoms with Crippen LogP contribution in [-0.4, -0.2) is 106 Å². The standard InChI is InChI=1S/C44H46BrN3O11S/c1-29(5-16-39(51)47-28-49)48-43(52)36-3-2-4-37(40(36)44(48)53)46-17-18-54-19-20-55-21-22-56-23-24-57-25-26-58-33-11-13-34(14-12-33)59-41-35-15-10-32(50)27-38(35)60-42(41)30-6-8-31(45)9-7-30/h2-4,6-15,27-29,46,50H,5,16-26H2,1H3,(H,47,49,51). The van der Waals surface area contributed by atoms with Crippen LogP contribution in [0.1, 0.15) is 40.5 Å². The molecule has 0 radical (unpaired) electrons. The van der Waals surface area contributed by atoms with E-state index in [0.717, 1.165) is 35.6 Å². The molecule has 16 heteroatoms. The molecule has 2 heterocycles. The molecule has 4 amide bonds. The molecule has 0 spiro atoms. The Morgan fingerprint density at radius 2 is 1.47 bits per heavy atom. The number of nitrogens with zero attached hydrogens (tertiary/aromatic N) is 1. The van der Waals surface area contributed by atoms with Crippen LogP contribution in [0.3, 0.4) is 0 Å². The SMILES string of the molecule is CC(CCC(=O)NC=O)N1C(=O)c2cccc(NCCOCCOCCOCCOCCOc3ccc(Oc4c(-c5ccc(Br)cc5)sc5cc(O)ccc45)cc3)c2C1=O. The molecule has 1 aromatic heterocycles. The number of aromatic hydroxyl groups is 1. The Bertz CT molecular complexity index is 2230. The van der Waals surface area contributed by atoms with Gasteiger partial charge in [0.05, 0.1) is 68.9 Å². The average molecular weight is 905 g/mol. The molecule has 0 aliphatic carbocycles. The van der Waals surface area contributed by atoms with Crippen LogP contribution in [0.15, 0.2) is 89.4 Å². The molecule has 1 aliphatic rings. The lowest BCUT2D eigenvalue weighted by Crippen LogP contribution is -2.38. The molecule has 0 fully saturated rings. The van der Waals surface area contributed by atoms with Crippen LogP contribution in [0, 0.1) is 0 Å². The Hall–Kier alpha value is -5.36. The molecule has 5 aromatic rings. The van der Waals surface area contributed by atoms with E-state index in [1.165, 1.54) is 0 Å². The largest absolute Gasteiger partial charge is 0.508 e. The Labute approximate surface area is 359 Å². The summed E-state index contributed by atoms with van der Waals surface area (Å²) in [5.74, 6) is 0.989. The maximum atomic E-state index is 13.2. The Morgan fingerprint density at radius 3 is 2.15 bits per heavy atom. The van der Waals surface area contributed by atoms with E-state index in [1.807, 2.05) is 54.6 Å². The fraction of sp³-hybridized carbons (Fsp3) is 0.318. The molecule has 14 nitrogen and oxygen atoms in total. The third-order valence-electron chi connectivity index (χ3n) is 9.35. The van der Waals surface area contributed by atoms with Gasteiger partial charge in [0.1, 0.15) is 23.9 Å². The Kier molecular flexibility index (Phi) is 16.4. The van der Waals surface area contributed by atoms with Crippen molar-refractivity contribution in [1.29, 1.82) is 0 Å². The molecule has 1 aliphatic heterocycles. The summed E-state index contributed by atoms with van der Waals surface area (Å²) in [5, 5.41) is 16.2. The van der Waals surface area contributed by atoms with Gasteiger partial charge < -0.3 is 38.8 Å². The van der Waals surface area contributed by atoms with Crippen LogP contribution >= 0.6 is 27.3 Å². The molecule has 1 unspecified atom stereocenters. The van der Waals surface area contributed by atoms with Gasteiger partial charge in [-0.2, -0.15) is 0 Å². The average Bonchev–Trinajstić information content (AvgIpc) is 3.73. The van der Waals surface area contributed by atoms with Gasteiger partial charge in [0.25, 0.3) is 11.8 Å². The summed E-state index contributed by atoms with van der Waals surface area (Å²) in [6.07, 6.45) is 0.550. The summed E-state index contributed by atoms with van der Waals surface area (Å²) in [4.78, 5) is 50.4. The fourth-order valence-corrected chi connectivity index (χ4v) is 7.81. The van der Waals surface area contributed by atoms with Crippen LogP contribution in [0.25, 0.3) is 20.5 Å². The lowest BCUT2D eigenvalue weighted by atomic mass is 10.1. The molecular weight excluding hydrogens is 858 g/mol. The summed E-state index contributed by atoms with van der Waals surface area (Å²) in [6.45, 7) is 5.66. The summed E-state index contributed by atoms with van der Waals surface area (Å²) in [6, 6.07) is 25.3. The molecule has 3 N–H and O–H groups in total. The minimum absolute atomic E-state index is 0.00943. The predicted octanol–water partition coefficient (Wildman–Crippen LogP) is 7.42. The highest BCUT2D eigenvalue weighted by atomic mass is 79.9. The van der Waals surface area contributed by atoms with E-state index in [0.29, 0.717) is 101 Å². The topological polar surface area (TPSA) is 171 Å². The van der Waals surface area contributed by atoms with Crippen LogP contribution in [-0.2, 0) is 28.5 Å². The zero-order chi connectivity index (χ0) is 42.3. The number of amides is 4. The van der Waals surface area contributed by atoms with Crippen LogP contribution in [0.2, 0.25) is 0 Å². The van der Waals surface area contributed by atoms with E-state index in [-0.39, 0.29) is 18.6 Å². The molecule has 4 aromatic carbocycles. The van der Waals surface area contributed by atoms with E-state index in [4.69, 9.17) is 28.4 Å². The molecule has 0 bridgehead atoms. The van der Waals surface area contributed by atoms with Gasteiger partial charge in [-0.1, -0.05) is 34.1 Å². The first-order chi connectivity index (χ1) is 29.2. The fourth-order valence-electron chi connectivity index (χ4n) is 6.37. The highest BCUT2D eigenvalue weighted by Crippen LogP contribution is 2.47. The van der Waals surface area contributed by atoms with Crippen molar-refractivity contribution < 1.29 is 52.7 Å². The van der Waals surface area contributed by atoms with Gasteiger partial charge in [0.15, 0.2) is 5.75 Å². The first-order valence-corrected chi connectivity index (χ1v) is 21.1. The molecule has 6 rings (SSSR count). The third kappa shape index (κ3) is 11.9. The Morgan fingerprint density at radius 1 is 0.817 bits per heavy atom. The lowest BCUT2D eigenvalue weighted by molar-refractivity contribution is -0.125. The second-order valence-corrected chi connectivity index (χ2v) is 15.5. The predicted molar refractivity (Wildman–Crippen MR) is 230 cm³/mol. The van der Waals surface area contributed by atoms with E-state index >= 15 is 0 Å². The number of halogens is 1. The maximum Gasteiger partial charge on any atom is 0.263 e. The van der Waals surface area contributed by atoms with Gasteiger partial charge in [-0.15, -0.1) is 11.3 Å².